The second-order valence-electron chi connectivity index (χ2n) is 6.35. The van der Waals surface area contributed by atoms with Gasteiger partial charge in [0.25, 0.3) is 11.5 Å². The molecule has 0 saturated carbocycles. The van der Waals surface area contributed by atoms with Crippen LogP contribution in [-0.4, -0.2) is 29.5 Å². The van der Waals surface area contributed by atoms with E-state index in [4.69, 9.17) is 0 Å². The fraction of sp³-hybridized carbons (Fsp3) is 0.190. The van der Waals surface area contributed by atoms with E-state index in [9.17, 15) is 14.4 Å². The molecule has 0 bridgehead atoms. The highest BCUT2D eigenvalue weighted by atomic mass is 79.9. The first-order valence-electron chi connectivity index (χ1n) is 8.89. The molecule has 2 amide bonds. The van der Waals surface area contributed by atoms with Crippen LogP contribution in [0.1, 0.15) is 23.3 Å². The van der Waals surface area contributed by atoms with Gasteiger partial charge in [0.15, 0.2) is 0 Å². The number of rotatable bonds is 6. The van der Waals surface area contributed by atoms with Crippen molar-refractivity contribution < 1.29 is 9.59 Å². The van der Waals surface area contributed by atoms with Crippen molar-refractivity contribution in [1.29, 1.82) is 0 Å². The van der Waals surface area contributed by atoms with Crippen LogP contribution < -0.4 is 16.2 Å². The predicted octanol–water partition coefficient (Wildman–Crippen LogP) is 2.87. The number of fused-ring (bicyclic) bond motifs is 1. The third-order valence-corrected chi connectivity index (χ3v) is 4.93. The second-order valence-corrected chi connectivity index (χ2v) is 7.26. The van der Waals surface area contributed by atoms with E-state index in [2.05, 4.69) is 26.6 Å². The first kappa shape index (κ1) is 19.8. The number of nitrogens with zero attached hydrogens (tertiary/aromatic N) is 1. The summed E-state index contributed by atoms with van der Waals surface area (Å²) in [6.07, 6.45) is 1.63. The van der Waals surface area contributed by atoms with Gasteiger partial charge in [0, 0.05) is 34.7 Å². The number of hydrogen-bond donors (Lipinski definition) is 2. The smallest absolute Gasteiger partial charge is 0.259 e. The Morgan fingerprint density at radius 2 is 1.79 bits per heavy atom. The molecule has 2 N–H and O–H groups in total. The van der Waals surface area contributed by atoms with Gasteiger partial charge in [-0.2, -0.15) is 0 Å². The van der Waals surface area contributed by atoms with Gasteiger partial charge < -0.3 is 15.2 Å². The molecule has 7 heteroatoms. The quantitative estimate of drug-likeness (QED) is 0.577. The minimum absolute atomic E-state index is 0.205. The molecule has 1 unspecified atom stereocenters. The van der Waals surface area contributed by atoms with Crippen molar-refractivity contribution in [2.45, 2.75) is 13.0 Å². The number of benzene rings is 2. The van der Waals surface area contributed by atoms with Gasteiger partial charge in [0.2, 0.25) is 5.91 Å². The summed E-state index contributed by atoms with van der Waals surface area (Å²) in [5.74, 6) is -0.497. The fourth-order valence-corrected chi connectivity index (χ4v) is 3.28. The monoisotopic (exact) mass is 441 g/mol. The van der Waals surface area contributed by atoms with Crippen molar-refractivity contribution in [3.63, 3.8) is 0 Å². The minimum Gasteiger partial charge on any atom is -0.353 e. The zero-order chi connectivity index (χ0) is 20.1. The van der Waals surface area contributed by atoms with Crippen LogP contribution in [0.25, 0.3) is 10.8 Å². The van der Waals surface area contributed by atoms with Crippen molar-refractivity contribution in [3.05, 3.63) is 81.2 Å². The van der Waals surface area contributed by atoms with Crippen LogP contribution in [0, 0.1) is 0 Å². The van der Waals surface area contributed by atoms with E-state index in [0.29, 0.717) is 10.9 Å². The van der Waals surface area contributed by atoms with Crippen molar-refractivity contribution in [3.8, 4) is 0 Å². The lowest BCUT2D eigenvalue weighted by Gasteiger charge is -2.16. The van der Waals surface area contributed by atoms with E-state index >= 15 is 0 Å². The number of carbonyl (C=O) groups is 2. The molecule has 0 radical (unpaired) electrons. The molecule has 6 nitrogen and oxygen atoms in total. The molecule has 1 heterocycles. The molecule has 3 aromatic rings. The number of hydrogen-bond acceptors (Lipinski definition) is 3. The summed E-state index contributed by atoms with van der Waals surface area (Å²) in [7, 11) is 0. The summed E-state index contributed by atoms with van der Waals surface area (Å²) in [4.78, 5) is 37.1. The molecule has 0 fully saturated rings. The third-order valence-electron chi connectivity index (χ3n) is 4.43. The third kappa shape index (κ3) is 4.48. The van der Waals surface area contributed by atoms with E-state index < -0.39 is 6.04 Å². The van der Waals surface area contributed by atoms with Crippen LogP contribution in [0.2, 0.25) is 0 Å². The zero-order valence-electron chi connectivity index (χ0n) is 15.3. The molecule has 0 spiro atoms. The molecule has 0 aliphatic carbocycles. The highest BCUT2D eigenvalue weighted by Crippen LogP contribution is 2.12. The largest absolute Gasteiger partial charge is 0.353 e. The van der Waals surface area contributed by atoms with Crippen LogP contribution in [0.15, 0.2) is 70.1 Å². The van der Waals surface area contributed by atoms with Gasteiger partial charge in [-0.1, -0.05) is 40.2 Å². The van der Waals surface area contributed by atoms with Gasteiger partial charge in [0.05, 0.1) is 0 Å². The topological polar surface area (TPSA) is 80.2 Å². The SMILES string of the molecule is CC(C(=O)NCCNC(=O)c1cccc(Br)c1)n1ccc2ccccc2c1=O. The maximum Gasteiger partial charge on any atom is 0.259 e. The van der Waals surface area contributed by atoms with Crippen LogP contribution in [0.4, 0.5) is 0 Å². The Labute approximate surface area is 170 Å². The molecular formula is C21H20BrN3O3. The molecule has 3 rings (SSSR count). The summed E-state index contributed by atoms with van der Waals surface area (Å²) < 4.78 is 2.24. The van der Waals surface area contributed by atoms with Crippen LogP contribution in [0.3, 0.4) is 0 Å². The van der Waals surface area contributed by atoms with Crippen LogP contribution in [-0.2, 0) is 4.79 Å². The van der Waals surface area contributed by atoms with Crippen molar-refractivity contribution in [2.24, 2.45) is 0 Å². The number of nitrogens with one attached hydrogen (secondary N) is 2. The van der Waals surface area contributed by atoms with Gasteiger partial charge in [-0.05, 0) is 42.6 Å². The Bertz CT molecular complexity index is 1080. The van der Waals surface area contributed by atoms with E-state index in [1.807, 2.05) is 24.3 Å². The Morgan fingerprint density at radius 3 is 2.57 bits per heavy atom. The molecule has 28 heavy (non-hydrogen) atoms. The standard InChI is InChI=1S/C21H20BrN3O3/c1-14(25-12-9-15-5-2-3-8-18(15)21(25)28)19(26)23-10-11-24-20(27)16-6-4-7-17(22)13-16/h2-9,12-14H,10-11H2,1H3,(H,23,26)(H,24,27). The second kappa shape index (κ2) is 8.84. The average molecular weight is 442 g/mol. The van der Waals surface area contributed by atoms with Crippen molar-refractivity contribution in [2.75, 3.05) is 13.1 Å². The van der Waals surface area contributed by atoms with Gasteiger partial charge >= 0.3 is 0 Å². The van der Waals surface area contributed by atoms with Gasteiger partial charge in [0.1, 0.15) is 6.04 Å². The number of amides is 2. The summed E-state index contributed by atoms with van der Waals surface area (Å²) in [5, 5.41) is 6.92. The summed E-state index contributed by atoms with van der Waals surface area (Å²) in [6.45, 7) is 2.23. The maximum absolute atomic E-state index is 12.6. The number of halogens is 1. The van der Waals surface area contributed by atoms with Crippen molar-refractivity contribution >= 4 is 38.5 Å². The normalized spacial score (nSPS) is 11.8. The molecule has 1 aromatic heterocycles. The van der Waals surface area contributed by atoms with Crippen LogP contribution in [0.5, 0.6) is 0 Å². The molecular weight excluding hydrogens is 422 g/mol. The van der Waals surface area contributed by atoms with Gasteiger partial charge in [-0.25, -0.2) is 0 Å². The number of aromatic nitrogens is 1. The lowest BCUT2D eigenvalue weighted by Crippen LogP contribution is -2.39. The minimum atomic E-state index is -0.655. The van der Waals surface area contributed by atoms with E-state index in [0.717, 1.165) is 9.86 Å². The van der Waals surface area contributed by atoms with Gasteiger partial charge in [-0.3, -0.25) is 14.4 Å². The summed E-state index contributed by atoms with van der Waals surface area (Å²) in [5.41, 5.74) is 0.334. The number of pyridine rings is 1. The maximum atomic E-state index is 12.6. The Hall–Kier alpha value is -2.93. The van der Waals surface area contributed by atoms with Crippen molar-refractivity contribution in [1.82, 2.24) is 15.2 Å². The average Bonchev–Trinajstić information content (AvgIpc) is 2.71. The predicted molar refractivity (Wildman–Crippen MR) is 112 cm³/mol. The Kier molecular flexibility index (Phi) is 6.26. The molecule has 2 aromatic carbocycles. The number of carbonyl (C=O) groups excluding carboxylic acids is 2. The summed E-state index contributed by atoms with van der Waals surface area (Å²) in [6, 6.07) is 15.5. The van der Waals surface area contributed by atoms with E-state index in [-0.39, 0.29) is 30.5 Å². The Morgan fingerprint density at radius 1 is 1.04 bits per heavy atom. The van der Waals surface area contributed by atoms with E-state index in [1.165, 1.54) is 4.57 Å². The molecule has 0 aliphatic heterocycles. The molecule has 0 saturated heterocycles. The highest BCUT2D eigenvalue weighted by molar-refractivity contribution is 9.10. The highest BCUT2D eigenvalue weighted by Gasteiger charge is 2.16. The Balaban J connectivity index is 1.56. The first-order chi connectivity index (χ1) is 13.5. The first-order valence-corrected chi connectivity index (χ1v) is 9.68. The van der Waals surface area contributed by atoms with Gasteiger partial charge in [-0.15, -0.1) is 0 Å². The zero-order valence-corrected chi connectivity index (χ0v) is 16.9. The van der Waals surface area contributed by atoms with E-state index in [1.54, 1.807) is 43.5 Å². The summed E-state index contributed by atoms with van der Waals surface area (Å²) >= 11 is 3.33. The lowest BCUT2D eigenvalue weighted by atomic mass is 10.1. The fourth-order valence-electron chi connectivity index (χ4n) is 2.88. The lowest BCUT2D eigenvalue weighted by molar-refractivity contribution is -0.123. The molecule has 144 valence electrons. The molecule has 1 atom stereocenters. The van der Waals surface area contributed by atoms with Crippen LogP contribution >= 0.6 is 15.9 Å². The molecule has 0 aliphatic rings.